The van der Waals surface area contributed by atoms with Crippen LogP contribution < -0.4 is 4.90 Å². The van der Waals surface area contributed by atoms with Crippen LogP contribution in [0.25, 0.3) is 11.1 Å². The lowest BCUT2D eigenvalue weighted by Crippen LogP contribution is -2.29. The minimum atomic E-state index is 0.673. The van der Waals surface area contributed by atoms with Crippen LogP contribution in [0.2, 0.25) is 0 Å². The van der Waals surface area contributed by atoms with E-state index in [0.717, 1.165) is 30.0 Å². The number of anilines is 1. The van der Waals surface area contributed by atoms with Crippen molar-refractivity contribution in [1.29, 1.82) is 5.26 Å². The second-order valence-corrected chi connectivity index (χ2v) is 6.96. The number of aromatic nitrogens is 2. The number of rotatable bonds is 3. The van der Waals surface area contributed by atoms with Gasteiger partial charge in [-0.05, 0) is 29.3 Å². The highest BCUT2D eigenvalue weighted by molar-refractivity contribution is 7.99. The fraction of sp³-hybridized carbons (Fsp3) is 0.150. The molecule has 0 fully saturated rings. The molecule has 0 saturated heterocycles. The van der Waals surface area contributed by atoms with E-state index in [1.165, 1.54) is 16.1 Å². The molecule has 0 N–H and O–H groups in total. The maximum absolute atomic E-state index is 8.99. The zero-order valence-corrected chi connectivity index (χ0v) is 14.4. The third-order valence-electron chi connectivity index (χ3n) is 4.25. The van der Waals surface area contributed by atoms with E-state index in [1.807, 2.05) is 60.7 Å². The quantitative estimate of drug-likeness (QED) is 0.715. The van der Waals surface area contributed by atoms with Crippen LogP contribution >= 0.6 is 11.8 Å². The number of hydrogen-bond acceptors (Lipinski definition) is 5. The zero-order valence-electron chi connectivity index (χ0n) is 13.6. The van der Waals surface area contributed by atoms with Gasteiger partial charge in [0.15, 0.2) is 0 Å². The molecule has 4 nitrogen and oxygen atoms in total. The molecule has 0 radical (unpaired) electrons. The van der Waals surface area contributed by atoms with Crippen molar-refractivity contribution in [2.24, 2.45) is 0 Å². The molecule has 0 spiro atoms. The first-order valence-corrected chi connectivity index (χ1v) is 9.09. The largest absolute Gasteiger partial charge is 0.364 e. The van der Waals surface area contributed by atoms with E-state index in [0.29, 0.717) is 5.56 Å². The molecule has 0 unspecified atom stereocenters. The van der Waals surface area contributed by atoms with Gasteiger partial charge in [0.2, 0.25) is 0 Å². The van der Waals surface area contributed by atoms with Crippen molar-refractivity contribution in [3.63, 3.8) is 0 Å². The third kappa shape index (κ3) is 3.21. The highest BCUT2D eigenvalue weighted by Gasteiger charge is 2.21. The summed E-state index contributed by atoms with van der Waals surface area (Å²) in [6, 6.07) is 13.9. The summed E-state index contributed by atoms with van der Waals surface area (Å²) in [5.74, 6) is 1.04. The molecule has 1 aliphatic heterocycles. The molecule has 0 aliphatic carbocycles. The first kappa shape index (κ1) is 15.7. The lowest BCUT2D eigenvalue weighted by atomic mass is 10.0. The van der Waals surface area contributed by atoms with Crippen molar-refractivity contribution in [2.75, 3.05) is 17.2 Å². The fourth-order valence-electron chi connectivity index (χ4n) is 3.00. The molecule has 4 rings (SSSR count). The Hall–Kier alpha value is -2.84. The van der Waals surface area contributed by atoms with Crippen LogP contribution in [0, 0.1) is 11.3 Å². The van der Waals surface area contributed by atoms with Crippen LogP contribution in [0.1, 0.15) is 11.1 Å². The molecule has 0 amide bonds. The van der Waals surface area contributed by atoms with Crippen LogP contribution in [0.5, 0.6) is 0 Å². The van der Waals surface area contributed by atoms with Crippen LogP contribution in [-0.2, 0) is 6.54 Å². The highest BCUT2D eigenvalue weighted by atomic mass is 32.2. The summed E-state index contributed by atoms with van der Waals surface area (Å²) in [5, 5.41) is 8.99. The van der Waals surface area contributed by atoms with Crippen LogP contribution in [0.4, 0.5) is 5.69 Å². The molecule has 0 saturated carbocycles. The van der Waals surface area contributed by atoms with E-state index >= 15 is 0 Å². The van der Waals surface area contributed by atoms with E-state index in [9.17, 15) is 0 Å². The van der Waals surface area contributed by atoms with E-state index < -0.39 is 0 Å². The Morgan fingerprint density at radius 2 is 1.96 bits per heavy atom. The van der Waals surface area contributed by atoms with Gasteiger partial charge in [0.05, 0.1) is 23.5 Å². The molecule has 122 valence electrons. The van der Waals surface area contributed by atoms with Crippen molar-refractivity contribution in [2.45, 2.75) is 11.4 Å². The summed E-state index contributed by atoms with van der Waals surface area (Å²) in [5.41, 5.74) is 5.26. The lowest BCUT2D eigenvalue weighted by molar-refractivity contribution is 0.810. The molecule has 3 aromatic rings. The van der Waals surface area contributed by atoms with E-state index in [2.05, 4.69) is 27.0 Å². The highest BCUT2D eigenvalue weighted by Crippen LogP contribution is 2.41. The smallest absolute Gasteiger partial charge is 0.0991 e. The first-order chi connectivity index (χ1) is 12.3. The standard InChI is InChI=1S/C20H16N4S/c21-10-15-3-5-17(6-4-15)18-12-23-13-19-20(18)25-9-8-24(19)14-16-2-1-7-22-11-16/h1-7,11-13H,8-9,14H2. The molecule has 5 heteroatoms. The normalized spacial score (nSPS) is 13.2. The van der Waals surface area contributed by atoms with Crippen LogP contribution in [0.3, 0.4) is 0 Å². The minimum absolute atomic E-state index is 0.673. The van der Waals surface area contributed by atoms with Gasteiger partial charge < -0.3 is 4.90 Å². The van der Waals surface area contributed by atoms with Crippen molar-refractivity contribution < 1.29 is 0 Å². The average Bonchev–Trinajstić information content (AvgIpc) is 2.69. The molecular weight excluding hydrogens is 328 g/mol. The predicted octanol–water partition coefficient (Wildman–Crippen LogP) is 4.13. The summed E-state index contributed by atoms with van der Waals surface area (Å²) >= 11 is 1.87. The van der Waals surface area contributed by atoms with Gasteiger partial charge in [-0.15, -0.1) is 11.8 Å². The average molecular weight is 344 g/mol. The number of nitriles is 1. The Morgan fingerprint density at radius 3 is 2.72 bits per heavy atom. The zero-order chi connectivity index (χ0) is 17.1. The molecule has 2 aromatic heterocycles. The van der Waals surface area contributed by atoms with E-state index in [-0.39, 0.29) is 0 Å². The molecule has 25 heavy (non-hydrogen) atoms. The van der Waals surface area contributed by atoms with Gasteiger partial charge >= 0.3 is 0 Å². The number of pyridine rings is 2. The maximum Gasteiger partial charge on any atom is 0.0991 e. The minimum Gasteiger partial charge on any atom is -0.364 e. The van der Waals surface area contributed by atoms with Gasteiger partial charge in [0, 0.05) is 47.9 Å². The van der Waals surface area contributed by atoms with Crippen molar-refractivity contribution in [3.8, 4) is 17.2 Å². The Balaban J connectivity index is 1.70. The topological polar surface area (TPSA) is 52.8 Å². The van der Waals surface area contributed by atoms with Gasteiger partial charge in [-0.2, -0.15) is 5.26 Å². The molecule has 0 atom stereocenters. The molecular formula is C20H16N4S. The van der Waals surface area contributed by atoms with Crippen molar-refractivity contribution in [3.05, 3.63) is 72.3 Å². The number of fused-ring (bicyclic) bond motifs is 1. The molecule has 1 aromatic carbocycles. The SMILES string of the molecule is N#Cc1ccc(-c2cncc3c2SCCN3Cc2cccnc2)cc1. The molecule has 0 bridgehead atoms. The van der Waals surface area contributed by atoms with Gasteiger partial charge in [-0.25, -0.2) is 0 Å². The summed E-state index contributed by atoms with van der Waals surface area (Å²) < 4.78 is 0. The number of hydrogen-bond donors (Lipinski definition) is 0. The third-order valence-corrected chi connectivity index (χ3v) is 5.35. The predicted molar refractivity (Wildman–Crippen MR) is 100 cm³/mol. The maximum atomic E-state index is 8.99. The summed E-state index contributed by atoms with van der Waals surface area (Å²) in [7, 11) is 0. The van der Waals surface area contributed by atoms with E-state index in [1.54, 1.807) is 6.20 Å². The second kappa shape index (κ2) is 6.96. The Kier molecular flexibility index (Phi) is 4.36. The van der Waals surface area contributed by atoms with Crippen molar-refractivity contribution >= 4 is 17.4 Å². The summed E-state index contributed by atoms with van der Waals surface area (Å²) in [6.45, 7) is 1.82. The first-order valence-electron chi connectivity index (χ1n) is 8.10. The second-order valence-electron chi connectivity index (χ2n) is 5.86. The van der Waals surface area contributed by atoms with Gasteiger partial charge in [0.1, 0.15) is 0 Å². The van der Waals surface area contributed by atoms with Crippen molar-refractivity contribution in [1.82, 2.24) is 9.97 Å². The summed E-state index contributed by atoms with van der Waals surface area (Å²) in [4.78, 5) is 12.3. The van der Waals surface area contributed by atoms with Crippen LogP contribution in [-0.4, -0.2) is 22.3 Å². The monoisotopic (exact) mass is 344 g/mol. The van der Waals surface area contributed by atoms with E-state index in [4.69, 9.17) is 5.26 Å². The van der Waals surface area contributed by atoms with Gasteiger partial charge in [-0.1, -0.05) is 18.2 Å². The fourth-order valence-corrected chi connectivity index (χ4v) is 4.17. The molecule has 1 aliphatic rings. The number of nitrogens with zero attached hydrogens (tertiary/aromatic N) is 4. The molecule has 3 heterocycles. The van der Waals surface area contributed by atoms with Gasteiger partial charge in [0.25, 0.3) is 0 Å². The van der Waals surface area contributed by atoms with Gasteiger partial charge in [-0.3, -0.25) is 9.97 Å². The number of thioether (sulfide) groups is 1. The Morgan fingerprint density at radius 1 is 1.08 bits per heavy atom. The van der Waals surface area contributed by atoms with Crippen LogP contribution in [0.15, 0.2) is 66.1 Å². The summed E-state index contributed by atoms with van der Waals surface area (Å²) in [6.07, 6.45) is 7.58. The Bertz CT molecular complexity index is 917. The number of benzene rings is 1. The lowest BCUT2D eigenvalue weighted by Gasteiger charge is -2.31. The Labute approximate surface area is 151 Å².